The summed E-state index contributed by atoms with van der Waals surface area (Å²) in [6.45, 7) is 0.853. The van der Waals surface area contributed by atoms with Crippen LogP contribution in [-0.4, -0.2) is 29.9 Å². The molecule has 6 heteroatoms. The van der Waals surface area contributed by atoms with E-state index in [2.05, 4.69) is 15.6 Å². The highest BCUT2D eigenvalue weighted by atomic mass is 32.1. The highest BCUT2D eigenvalue weighted by Crippen LogP contribution is 2.28. The smallest absolute Gasteiger partial charge is 0.254 e. The van der Waals surface area contributed by atoms with Gasteiger partial charge in [0.1, 0.15) is 4.64 Å². The minimum atomic E-state index is -0.225. The van der Waals surface area contributed by atoms with E-state index in [9.17, 15) is 9.59 Å². The summed E-state index contributed by atoms with van der Waals surface area (Å²) >= 11 is 5.00. The summed E-state index contributed by atoms with van der Waals surface area (Å²) in [5, 5.41) is 5.49. The van der Waals surface area contributed by atoms with Crippen molar-refractivity contribution < 1.29 is 9.59 Å². The number of rotatable bonds is 5. The van der Waals surface area contributed by atoms with Crippen LogP contribution in [0.5, 0.6) is 0 Å². The summed E-state index contributed by atoms with van der Waals surface area (Å²) < 4.78 is 0.414. The lowest BCUT2D eigenvalue weighted by Gasteiger charge is -2.06. The predicted octanol–water partition coefficient (Wildman–Crippen LogP) is 1.00. The third-order valence-electron chi connectivity index (χ3n) is 2.72. The van der Waals surface area contributed by atoms with Gasteiger partial charge in [0.25, 0.3) is 5.91 Å². The number of nitrogens with one attached hydrogen (secondary N) is 3. The molecule has 1 fully saturated rings. The van der Waals surface area contributed by atoms with Crippen LogP contribution in [0, 0.1) is 10.6 Å². The molecule has 0 bridgehead atoms. The zero-order valence-corrected chi connectivity index (χ0v) is 10.7. The molecule has 1 aliphatic rings. The number of hydrogen-bond acceptors (Lipinski definition) is 3. The molecule has 18 heavy (non-hydrogen) atoms. The van der Waals surface area contributed by atoms with Crippen LogP contribution in [0.2, 0.25) is 0 Å². The van der Waals surface area contributed by atoms with Crippen molar-refractivity contribution in [1.82, 2.24) is 15.6 Å². The summed E-state index contributed by atoms with van der Waals surface area (Å²) in [5.74, 6) is 0.0578. The Balaban J connectivity index is 1.73. The van der Waals surface area contributed by atoms with Gasteiger partial charge in [-0.3, -0.25) is 9.59 Å². The Labute approximate surface area is 110 Å². The van der Waals surface area contributed by atoms with E-state index in [4.69, 9.17) is 12.2 Å². The average Bonchev–Trinajstić information content (AvgIpc) is 3.19. The molecule has 3 N–H and O–H groups in total. The maximum atomic E-state index is 11.7. The average molecular weight is 265 g/mol. The third kappa shape index (κ3) is 3.40. The van der Waals surface area contributed by atoms with Gasteiger partial charge in [-0.25, -0.2) is 0 Å². The highest BCUT2D eigenvalue weighted by Gasteiger charge is 2.28. The molecule has 0 radical (unpaired) electrons. The van der Waals surface area contributed by atoms with Gasteiger partial charge in [-0.15, -0.1) is 0 Å². The van der Waals surface area contributed by atoms with Crippen LogP contribution in [0.4, 0.5) is 0 Å². The van der Waals surface area contributed by atoms with E-state index in [0.717, 1.165) is 12.8 Å². The fraction of sp³-hybridized carbons (Fsp3) is 0.417. The van der Waals surface area contributed by atoms with E-state index in [0.29, 0.717) is 23.3 Å². The molecular weight excluding hydrogens is 250 g/mol. The van der Waals surface area contributed by atoms with Gasteiger partial charge < -0.3 is 15.6 Å². The molecule has 1 heterocycles. The van der Waals surface area contributed by atoms with Gasteiger partial charge in [0, 0.05) is 25.2 Å². The summed E-state index contributed by atoms with van der Waals surface area (Å²) in [4.78, 5) is 25.9. The van der Waals surface area contributed by atoms with Gasteiger partial charge in [-0.05, 0) is 25.0 Å². The van der Waals surface area contributed by atoms with Crippen molar-refractivity contribution in [2.45, 2.75) is 12.8 Å². The first-order valence-electron chi connectivity index (χ1n) is 5.92. The molecule has 5 nitrogen and oxygen atoms in total. The van der Waals surface area contributed by atoms with Crippen LogP contribution in [0.1, 0.15) is 23.2 Å². The van der Waals surface area contributed by atoms with Crippen LogP contribution in [0.15, 0.2) is 18.3 Å². The van der Waals surface area contributed by atoms with Crippen molar-refractivity contribution in [2.75, 3.05) is 13.1 Å². The number of amides is 2. The Hall–Kier alpha value is -1.69. The summed E-state index contributed by atoms with van der Waals surface area (Å²) in [6, 6.07) is 3.39. The van der Waals surface area contributed by atoms with Crippen molar-refractivity contribution >= 4 is 24.0 Å². The van der Waals surface area contributed by atoms with E-state index >= 15 is 0 Å². The molecular formula is C12H15N3O2S. The molecule has 2 rings (SSSR count). The maximum Gasteiger partial charge on any atom is 0.254 e. The van der Waals surface area contributed by atoms with Crippen molar-refractivity contribution in [3.05, 3.63) is 28.5 Å². The van der Waals surface area contributed by atoms with E-state index < -0.39 is 0 Å². The summed E-state index contributed by atoms with van der Waals surface area (Å²) in [7, 11) is 0. The van der Waals surface area contributed by atoms with Crippen molar-refractivity contribution in [3.8, 4) is 0 Å². The predicted molar refractivity (Wildman–Crippen MR) is 69.7 cm³/mol. The Kier molecular flexibility index (Phi) is 4.09. The fourth-order valence-corrected chi connectivity index (χ4v) is 1.78. The Morgan fingerprint density at radius 1 is 1.33 bits per heavy atom. The third-order valence-corrected chi connectivity index (χ3v) is 3.06. The molecule has 1 aliphatic carbocycles. The number of carbonyl (C=O) groups is 2. The number of hydrogen-bond donors (Lipinski definition) is 3. The van der Waals surface area contributed by atoms with Crippen LogP contribution >= 0.6 is 12.2 Å². The molecule has 1 saturated carbocycles. The number of aromatic nitrogens is 1. The Morgan fingerprint density at radius 3 is 2.72 bits per heavy atom. The molecule has 0 aliphatic heterocycles. The molecule has 2 amide bonds. The number of aromatic amines is 1. The topological polar surface area (TPSA) is 74.0 Å². The minimum Gasteiger partial charge on any atom is -0.354 e. The largest absolute Gasteiger partial charge is 0.354 e. The molecule has 0 saturated heterocycles. The van der Waals surface area contributed by atoms with Crippen molar-refractivity contribution in [3.63, 3.8) is 0 Å². The van der Waals surface area contributed by atoms with Gasteiger partial charge in [0.15, 0.2) is 0 Å². The summed E-state index contributed by atoms with van der Waals surface area (Å²) in [5.41, 5.74) is 0.445. The Bertz CT molecular complexity index is 508. The Morgan fingerprint density at radius 2 is 2.06 bits per heavy atom. The van der Waals surface area contributed by atoms with Crippen LogP contribution < -0.4 is 10.6 Å². The summed E-state index contributed by atoms with van der Waals surface area (Å²) in [6.07, 6.45) is 3.64. The highest BCUT2D eigenvalue weighted by molar-refractivity contribution is 7.71. The molecule has 96 valence electrons. The van der Waals surface area contributed by atoms with Gasteiger partial charge in [-0.1, -0.05) is 12.2 Å². The molecule has 0 spiro atoms. The number of H-pyrrole nitrogens is 1. The van der Waals surface area contributed by atoms with Gasteiger partial charge in [0.2, 0.25) is 5.91 Å². The van der Waals surface area contributed by atoms with Crippen LogP contribution in [-0.2, 0) is 4.79 Å². The number of carbonyl (C=O) groups excluding carboxylic acids is 2. The standard InChI is InChI=1S/C12H15N3O2S/c16-10(8-3-4-8)13-6-7-14-11(17)9-2-1-5-15-12(9)18/h1-2,5,8H,3-4,6-7H2,(H,13,16)(H,14,17)(H,15,18). The lowest BCUT2D eigenvalue weighted by atomic mass is 10.3. The molecule has 1 aromatic rings. The van der Waals surface area contributed by atoms with E-state index in [1.54, 1.807) is 18.3 Å². The zero-order valence-electron chi connectivity index (χ0n) is 9.86. The normalized spacial score (nSPS) is 14.0. The lowest BCUT2D eigenvalue weighted by molar-refractivity contribution is -0.122. The van der Waals surface area contributed by atoms with Gasteiger partial charge >= 0.3 is 0 Å². The molecule has 0 unspecified atom stereocenters. The van der Waals surface area contributed by atoms with E-state index in [1.165, 1.54) is 0 Å². The SMILES string of the molecule is O=C(NCCNC(=O)C1CC1)c1ccc[nH]c1=S. The second kappa shape index (κ2) is 5.77. The lowest BCUT2D eigenvalue weighted by Crippen LogP contribution is -2.35. The van der Waals surface area contributed by atoms with Crippen molar-refractivity contribution in [1.29, 1.82) is 0 Å². The first-order chi connectivity index (χ1) is 8.68. The van der Waals surface area contributed by atoms with Crippen molar-refractivity contribution in [2.24, 2.45) is 5.92 Å². The van der Waals surface area contributed by atoms with Crippen LogP contribution in [0.3, 0.4) is 0 Å². The zero-order chi connectivity index (χ0) is 13.0. The molecule has 0 atom stereocenters. The fourth-order valence-electron chi connectivity index (χ4n) is 1.55. The second-order valence-electron chi connectivity index (χ2n) is 4.23. The van der Waals surface area contributed by atoms with E-state index in [-0.39, 0.29) is 17.7 Å². The van der Waals surface area contributed by atoms with E-state index in [1.807, 2.05) is 0 Å². The minimum absolute atomic E-state index is 0.0845. The second-order valence-corrected chi connectivity index (χ2v) is 4.64. The van der Waals surface area contributed by atoms with Gasteiger partial charge in [0.05, 0.1) is 5.56 Å². The molecule has 1 aromatic heterocycles. The van der Waals surface area contributed by atoms with Gasteiger partial charge in [-0.2, -0.15) is 0 Å². The number of pyridine rings is 1. The first kappa shape index (κ1) is 12.8. The van der Waals surface area contributed by atoms with Crippen LogP contribution in [0.25, 0.3) is 0 Å². The maximum absolute atomic E-state index is 11.7. The first-order valence-corrected chi connectivity index (χ1v) is 6.33. The quantitative estimate of drug-likeness (QED) is 0.549. The monoisotopic (exact) mass is 265 g/mol. The molecule has 0 aromatic carbocycles.